The second-order valence-corrected chi connectivity index (χ2v) is 9.27. The molecule has 1 amide bonds. The summed E-state index contributed by atoms with van der Waals surface area (Å²) in [7, 11) is 1.65. The van der Waals surface area contributed by atoms with Crippen molar-refractivity contribution in [3.63, 3.8) is 0 Å². The Morgan fingerprint density at radius 1 is 1.06 bits per heavy atom. The quantitative estimate of drug-likeness (QED) is 0.569. The van der Waals surface area contributed by atoms with E-state index in [1.165, 1.54) is 20.5 Å². The summed E-state index contributed by atoms with van der Waals surface area (Å²) >= 11 is 1.31. The Morgan fingerprint density at radius 3 is 2.47 bits per heavy atom. The predicted molar refractivity (Wildman–Crippen MR) is 127 cm³/mol. The highest BCUT2D eigenvalue weighted by atomic mass is 32.1. The van der Waals surface area contributed by atoms with E-state index in [1.54, 1.807) is 23.5 Å². The lowest BCUT2D eigenvalue weighted by Crippen LogP contribution is -2.51. The van der Waals surface area contributed by atoms with Crippen LogP contribution >= 0.6 is 11.3 Å². The molecule has 9 heteroatoms. The van der Waals surface area contributed by atoms with Crippen LogP contribution in [0.3, 0.4) is 0 Å². The van der Waals surface area contributed by atoms with Crippen LogP contribution in [0.2, 0.25) is 0 Å². The number of fused-ring (bicyclic) bond motifs is 1. The van der Waals surface area contributed by atoms with Gasteiger partial charge in [0.2, 0.25) is 5.91 Å². The molecule has 0 aliphatic carbocycles. The maximum Gasteiger partial charge on any atom is 0.332 e. The number of aromatic nitrogens is 2. The second-order valence-electron chi connectivity index (χ2n) is 8.35. The monoisotopic (exact) mass is 456 g/mol. The molecule has 0 spiro atoms. The van der Waals surface area contributed by atoms with Gasteiger partial charge in [-0.25, -0.2) is 4.79 Å². The zero-order chi connectivity index (χ0) is 22.8. The van der Waals surface area contributed by atoms with E-state index >= 15 is 0 Å². The van der Waals surface area contributed by atoms with Crippen LogP contribution in [-0.4, -0.2) is 53.2 Å². The molecule has 3 heterocycles. The number of hydrogen-bond donors (Lipinski definition) is 0. The molecule has 32 heavy (non-hydrogen) atoms. The molecule has 0 bridgehead atoms. The van der Waals surface area contributed by atoms with E-state index in [0.717, 1.165) is 11.4 Å². The average molecular weight is 457 g/mol. The molecule has 170 valence electrons. The van der Waals surface area contributed by atoms with Crippen LogP contribution in [0.5, 0.6) is 5.75 Å². The summed E-state index contributed by atoms with van der Waals surface area (Å²) in [5, 5.41) is 1.79. The number of amides is 1. The van der Waals surface area contributed by atoms with Crippen LogP contribution in [0.1, 0.15) is 13.8 Å². The lowest BCUT2D eigenvalue weighted by atomic mass is 10.2. The predicted octanol–water partition coefficient (Wildman–Crippen LogP) is 2.24. The van der Waals surface area contributed by atoms with Gasteiger partial charge in [-0.2, -0.15) is 0 Å². The number of rotatable bonds is 6. The Hall–Kier alpha value is -3.07. The molecule has 8 nitrogen and oxygen atoms in total. The highest BCUT2D eigenvalue weighted by Gasteiger charge is 2.24. The van der Waals surface area contributed by atoms with E-state index in [4.69, 9.17) is 4.74 Å². The molecule has 4 rings (SSSR count). The van der Waals surface area contributed by atoms with Gasteiger partial charge in [-0.1, -0.05) is 26.0 Å². The van der Waals surface area contributed by atoms with Crippen LogP contribution < -0.4 is 20.9 Å². The number of thiophene rings is 1. The first-order valence-electron chi connectivity index (χ1n) is 10.8. The third kappa shape index (κ3) is 4.17. The summed E-state index contributed by atoms with van der Waals surface area (Å²) in [5.41, 5.74) is 0.850. The van der Waals surface area contributed by atoms with Gasteiger partial charge in [0, 0.05) is 32.7 Å². The van der Waals surface area contributed by atoms with Gasteiger partial charge in [-0.3, -0.25) is 18.7 Å². The molecule has 1 aliphatic heterocycles. The smallest absolute Gasteiger partial charge is 0.332 e. The number of ether oxygens (including phenoxy) is 1. The number of carbonyl (C=O) groups excluding carboxylic acids is 1. The van der Waals surface area contributed by atoms with E-state index in [0.29, 0.717) is 42.9 Å². The lowest BCUT2D eigenvalue weighted by molar-refractivity contribution is -0.132. The highest BCUT2D eigenvalue weighted by Crippen LogP contribution is 2.28. The Kier molecular flexibility index (Phi) is 6.36. The molecule has 0 atom stereocenters. The number of piperazine rings is 1. The largest absolute Gasteiger partial charge is 0.495 e. The van der Waals surface area contributed by atoms with Gasteiger partial charge < -0.3 is 14.5 Å². The molecule has 1 aliphatic rings. The molecule has 1 aromatic carbocycles. The highest BCUT2D eigenvalue weighted by molar-refractivity contribution is 7.17. The van der Waals surface area contributed by atoms with Crippen molar-refractivity contribution in [2.45, 2.75) is 26.9 Å². The summed E-state index contributed by atoms with van der Waals surface area (Å²) in [6.45, 7) is 6.66. The molecular weight excluding hydrogens is 428 g/mol. The van der Waals surface area contributed by atoms with E-state index in [1.807, 2.05) is 38.1 Å². The number of methoxy groups -OCH3 is 1. The fourth-order valence-corrected chi connectivity index (χ4v) is 4.98. The van der Waals surface area contributed by atoms with Gasteiger partial charge in [0.15, 0.2) is 0 Å². The first-order chi connectivity index (χ1) is 15.4. The number of carbonyl (C=O) groups is 1. The molecule has 1 saturated heterocycles. The SMILES string of the molecule is COc1ccccc1N1CCN(C(=O)Cn2c(=O)n(CC(C)C)c(=O)c3sccc32)CC1. The summed E-state index contributed by atoms with van der Waals surface area (Å²) < 4.78 is 8.68. The lowest BCUT2D eigenvalue weighted by Gasteiger charge is -2.36. The van der Waals surface area contributed by atoms with Crippen molar-refractivity contribution in [1.82, 2.24) is 14.0 Å². The van der Waals surface area contributed by atoms with Gasteiger partial charge in [0.1, 0.15) is 17.0 Å². The minimum Gasteiger partial charge on any atom is -0.495 e. The van der Waals surface area contributed by atoms with Gasteiger partial charge in [-0.15, -0.1) is 11.3 Å². The van der Waals surface area contributed by atoms with Gasteiger partial charge in [0.05, 0.1) is 18.3 Å². The van der Waals surface area contributed by atoms with Crippen molar-refractivity contribution in [3.05, 3.63) is 56.5 Å². The van der Waals surface area contributed by atoms with Gasteiger partial charge in [0.25, 0.3) is 5.56 Å². The third-order valence-electron chi connectivity index (χ3n) is 5.74. The zero-order valence-electron chi connectivity index (χ0n) is 18.6. The van der Waals surface area contributed by atoms with Crippen molar-refractivity contribution in [3.8, 4) is 5.75 Å². The van der Waals surface area contributed by atoms with Crippen molar-refractivity contribution < 1.29 is 9.53 Å². The second kappa shape index (κ2) is 9.20. The number of nitrogens with zero attached hydrogens (tertiary/aromatic N) is 4. The number of anilines is 1. The van der Waals surface area contributed by atoms with Gasteiger partial charge in [-0.05, 0) is 29.5 Å². The summed E-state index contributed by atoms with van der Waals surface area (Å²) in [5.74, 6) is 0.838. The van der Waals surface area contributed by atoms with Crippen molar-refractivity contribution >= 4 is 33.1 Å². The topological polar surface area (TPSA) is 76.8 Å². The summed E-state index contributed by atoms with van der Waals surface area (Å²) in [6, 6.07) is 9.59. The molecule has 0 radical (unpaired) electrons. The maximum atomic E-state index is 13.1. The van der Waals surface area contributed by atoms with E-state index < -0.39 is 5.69 Å². The normalized spacial score (nSPS) is 14.4. The van der Waals surface area contributed by atoms with Crippen LogP contribution in [0, 0.1) is 5.92 Å². The molecule has 2 aromatic heterocycles. The van der Waals surface area contributed by atoms with E-state index in [2.05, 4.69) is 4.90 Å². The minimum atomic E-state index is -0.421. The van der Waals surface area contributed by atoms with Crippen LogP contribution in [0.4, 0.5) is 5.69 Å². The molecule has 1 fully saturated rings. The zero-order valence-corrected chi connectivity index (χ0v) is 19.4. The minimum absolute atomic E-state index is 0.0703. The molecule has 0 saturated carbocycles. The molecular formula is C23H28N4O4S. The van der Waals surface area contributed by atoms with Crippen molar-refractivity contribution in [1.29, 1.82) is 0 Å². The van der Waals surface area contributed by atoms with Gasteiger partial charge >= 0.3 is 5.69 Å². The van der Waals surface area contributed by atoms with Crippen molar-refractivity contribution in [2.75, 3.05) is 38.2 Å². The number of para-hydroxylation sites is 2. The summed E-state index contributed by atoms with van der Waals surface area (Å²) in [6.07, 6.45) is 0. The molecule has 0 unspecified atom stereocenters. The third-order valence-corrected chi connectivity index (χ3v) is 6.63. The maximum absolute atomic E-state index is 13.1. The Morgan fingerprint density at radius 2 is 1.78 bits per heavy atom. The number of benzene rings is 1. The average Bonchev–Trinajstić information content (AvgIpc) is 3.29. The van der Waals surface area contributed by atoms with Crippen LogP contribution in [0.15, 0.2) is 45.3 Å². The molecule has 3 aromatic rings. The fraction of sp³-hybridized carbons (Fsp3) is 0.435. The summed E-state index contributed by atoms with van der Waals surface area (Å²) in [4.78, 5) is 43.0. The Labute approximate surface area is 190 Å². The molecule has 0 N–H and O–H groups in total. The number of hydrogen-bond acceptors (Lipinski definition) is 6. The van der Waals surface area contributed by atoms with Crippen LogP contribution in [0.25, 0.3) is 10.2 Å². The first-order valence-corrected chi connectivity index (χ1v) is 11.6. The van der Waals surface area contributed by atoms with E-state index in [-0.39, 0.29) is 23.9 Å². The van der Waals surface area contributed by atoms with E-state index in [9.17, 15) is 14.4 Å². The first kappa shape index (κ1) is 22.1. The Bertz CT molecular complexity index is 1230. The van der Waals surface area contributed by atoms with Crippen LogP contribution in [-0.2, 0) is 17.9 Å². The fourth-order valence-electron chi connectivity index (χ4n) is 4.14. The van der Waals surface area contributed by atoms with Crippen molar-refractivity contribution in [2.24, 2.45) is 5.92 Å². The Balaban J connectivity index is 1.53. The standard InChI is InChI=1S/C23H28N4O4S/c1-16(2)14-27-22(29)21-18(8-13-32-21)26(23(27)30)15-20(28)25-11-9-24(10-12-25)17-6-4-5-7-19(17)31-3/h4-8,13,16H,9-12,14-15H2,1-3H3.